The normalized spacial score (nSPS) is 19.4. The lowest BCUT2D eigenvalue weighted by Crippen LogP contribution is -2.37. The summed E-state index contributed by atoms with van der Waals surface area (Å²) in [5.74, 6) is 1.04. The minimum atomic E-state index is -1.09. The van der Waals surface area contributed by atoms with E-state index in [9.17, 15) is 9.90 Å². The predicted molar refractivity (Wildman–Crippen MR) is 96.1 cm³/mol. The molecule has 0 bridgehead atoms. The molecule has 1 amide bonds. The topological polar surface area (TPSA) is 82.7 Å². The molecule has 0 spiro atoms. The number of nitrogens with zero attached hydrogens (tertiary/aromatic N) is 4. The van der Waals surface area contributed by atoms with E-state index >= 15 is 0 Å². The third kappa shape index (κ3) is 4.47. The molecule has 1 N–H and O–H groups in total. The zero-order valence-electron chi connectivity index (χ0n) is 15.3. The maximum Gasteiger partial charge on any atom is 0.256 e. The van der Waals surface area contributed by atoms with Gasteiger partial charge in [-0.15, -0.1) is 0 Å². The van der Waals surface area contributed by atoms with E-state index in [1.54, 1.807) is 24.0 Å². The summed E-state index contributed by atoms with van der Waals surface area (Å²) >= 11 is 0. The molecule has 140 valence electrons. The summed E-state index contributed by atoms with van der Waals surface area (Å²) in [6.45, 7) is 3.73. The molecule has 2 aromatic rings. The second-order valence-electron chi connectivity index (χ2n) is 6.87. The van der Waals surface area contributed by atoms with Gasteiger partial charge in [0.15, 0.2) is 11.9 Å². The fourth-order valence-corrected chi connectivity index (χ4v) is 3.45. The Bertz CT molecular complexity index is 719. The Labute approximate surface area is 153 Å². The summed E-state index contributed by atoms with van der Waals surface area (Å²) in [5, 5.41) is 14.3. The van der Waals surface area contributed by atoms with E-state index in [4.69, 9.17) is 4.52 Å². The maximum absolute atomic E-state index is 12.7. The molecular formula is C19H26N4O3. The Kier molecular flexibility index (Phi) is 6.00. The molecule has 3 rings (SSSR count). The SMILES string of the molecule is Cc1nc(CN(C)[C@H]2CCCN(C(=O)[C@H](O)c3ccccc3)CC2)no1. The first-order valence-corrected chi connectivity index (χ1v) is 9.06. The van der Waals surface area contributed by atoms with Gasteiger partial charge in [-0.05, 0) is 31.9 Å². The molecule has 1 aliphatic rings. The number of aryl methyl sites for hydroxylation is 1. The van der Waals surface area contributed by atoms with Gasteiger partial charge in [0, 0.05) is 26.1 Å². The molecule has 1 aliphatic heterocycles. The first-order valence-electron chi connectivity index (χ1n) is 9.06. The number of hydrogen-bond donors (Lipinski definition) is 1. The number of benzene rings is 1. The number of rotatable bonds is 5. The second kappa shape index (κ2) is 8.42. The van der Waals surface area contributed by atoms with Gasteiger partial charge in [0.05, 0.1) is 6.54 Å². The van der Waals surface area contributed by atoms with E-state index in [1.165, 1.54) is 0 Å². The average Bonchev–Trinajstić information content (AvgIpc) is 2.92. The summed E-state index contributed by atoms with van der Waals surface area (Å²) < 4.78 is 5.03. The van der Waals surface area contributed by atoms with Crippen molar-refractivity contribution in [1.29, 1.82) is 0 Å². The van der Waals surface area contributed by atoms with Gasteiger partial charge < -0.3 is 14.5 Å². The van der Waals surface area contributed by atoms with Crippen LogP contribution in [0, 0.1) is 6.92 Å². The molecule has 1 saturated heterocycles. The summed E-state index contributed by atoms with van der Waals surface area (Å²) in [7, 11) is 2.05. The highest BCUT2D eigenvalue weighted by atomic mass is 16.5. The third-order valence-corrected chi connectivity index (χ3v) is 4.94. The molecule has 7 heteroatoms. The molecule has 1 aromatic carbocycles. The highest BCUT2D eigenvalue weighted by Gasteiger charge is 2.27. The quantitative estimate of drug-likeness (QED) is 0.879. The summed E-state index contributed by atoms with van der Waals surface area (Å²) in [5.41, 5.74) is 0.642. The van der Waals surface area contributed by atoms with Gasteiger partial charge in [-0.3, -0.25) is 9.69 Å². The van der Waals surface area contributed by atoms with Crippen LogP contribution in [0.15, 0.2) is 34.9 Å². The molecular weight excluding hydrogens is 332 g/mol. The highest BCUT2D eigenvalue weighted by Crippen LogP contribution is 2.21. The number of aromatic nitrogens is 2. The lowest BCUT2D eigenvalue weighted by atomic mass is 10.1. The fraction of sp³-hybridized carbons (Fsp3) is 0.526. The average molecular weight is 358 g/mol. The summed E-state index contributed by atoms with van der Waals surface area (Å²) in [4.78, 5) is 20.9. The van der Waals surface area contributed by atoms with Gasteiger partial charge in [0.25, 0.3) is 5.91 Å². The predicted octanol–water partition coefficient (Wildman–Crippen LogP) is 1.92. The lowest BCUT2D eigenvalue weighted by Gasteiger charge is -2.26. The van der Waals surface area contributed by atoms with Crippen LogP contribution in [0.4, 0.5) is 0 Å². The monoisotopic (exact) mass is 358 g/mol. The number of carbonyl (C=O) groups excluding carboxylic acids is 1. The number of likely N-dealkylation sites (tertiary alicyclic amines) is 1. The molecule has 2 atom stereocenters. The summed E-state index contributed by atoms with van der Waals surface area (Å²) in [6, 6.07) is 9.45. The van der Waals surface area contributed by atoms with Gasteiger partial charge in [-0.25, -0.2) is 0 Å². The van der Waals surface area contributed by atoms with Crippen molar-refractivity contribution >= 4 is 5.91 Å². The van der Waals surface area contributed by atoms with Crippen molar-refractivity contribution in [2.24, 2.45) is 0 Å². The number of carbonyl (C=O) groups is 1. The van der Waals surface area contributed by atoms with E-state index in [-0.39, 0.29) is 5.91 Å². The molecule has 0 unspecified atom stereocenters. The minimum absolute atomic E-state index is 0.215. The standard InChI is InChI=1S/C19H26N4O3/c1-14-20-17(21-26-14)13-22(2)16-9-6-11-23(12-10-16)19(25)18(24)15-7-4-3-5-8-15/h3-5,7-8,16,18,24H,6,9-13H2,1-2H3/t16-,18+/m0/s1. The highest BCUT2D eigenvalue weighted by molar-refractivity contribution is 5.82. The number of aliphatic hydroxyl groups excluding tert-OH is 1. The van der Waals surface area contributed by atoms with Crippen LogP contribution in [-0.2, 0) is 11.3 Å². The van der Waals surface area contributed by atoms with Gasteiger partial charge in [-0.2, -0.15) is 4.98 Å². The first-order chi connectivity index (χ1) is 12.5. The van der Waals surface area contributed by atoms with Gasteiger partial charge in [-0.1, -0.05) is 35.5 Å². The van der Waals surface area contributed by atoms with Crippen LogP contribution in [0.5, 0.6) is 0 Å². The molecule has 1 aromatic heterocycles. The largest absolute Gasteiger partial charge is 0.378 e. The Balaban J connectivity index is 1.56. The Hall–Kier alpha value is -2.25. The summed E-state index contributed by atoms with van der Waals surface area (Å²) in [6.07, 6.45) is 1.68. The van der Waals surface area contributed by atoms with Gasteiger partial charge in [0.1, 0.15) is 0 Å². The van der Waals surface area contributed by atoms with Crippen molar-refractivity contribution in [2.45, 2.75) is 44.9 Å². The van der Waals surface area contributed by atoms with E-state index in [0.29, 0.717) is 43.0 Å². The van der Waals surface area contributed by atoms with Gasteiger partial charge in [0.2, 0.25) is 5.89 Å². The third-order valence-electron chi connectivity index (χ3n) is 4.94. The van der Waals surface area contributed by atoms with Gasteiger partial charge >= 0.3 is 0 Å². The molecule has 0 saturated carbocycles. The first kappa shape index (κ1) is 18.5. The van der Waals surface area contributed by atoms with Crippen molar-refractivity contribution in [2.75, 3.05) is 20.1 Å². The fourth-order valence-electron chi connectivity index (χ4n) is 3.45. The second-order valence-corrected chi connectivity index (χ2v) is 6.87. The van der Waals surface area contributed by atoms with E-state index in [0.717, 1.165) is 19.3 Å². The van der Waals surface area contributed by atoms with Crippen LogP contribution in [0.3, 0.4) is 0 Å². The van der Waals surface area contributed by atoms with E-state index in [2.05, 4.69) is 15.0 Å². The Morgan fingerprint density at radius 1 is 1.35 bits per heavy atom. The van der Waals surface area contributed by atoms with Crippen molar-refractivity contribution in [1.82, 2.24) is 19.9 Å². The van der Waals surface area contributed by atoms with E-state index in [1.807, 2.05) is 25.2 Å². The molecule has 2 heterocycles. The van der Waals surface area contributed by atoms with E-state index < -0.39 is 6.10 Å². The van der Waals surface area contributed by atoms with Crippen molar-refractivity contribution in [3.63, 3.8) is 0 Å². The van der Waals surface area contributed by atoms with Crippen LogP contribution in [0.1, 0.15) is 42.6 Å². The number of hydrogen-bond acceptors (Lipinski definition) is 6. The van der Waals surface area contributed by atoms with Crippen LogP contribution in [0.2, 0.25) is 0 Å². The van der Waals surface area contributed by atoms with Crippen LogP contribution in [-0.4, -0.2) is 57.1 Å². The molecule has 0 radical (unpaired) electrons. The smallest absolute Gasteiger partial charge is 0.256 e. The number of aliphatic hydroxyl groups is 1. The zero-order chi connectivity index (χ0) is 18.5. The molecule has 26 heavy (non-hydrogen) atoms. The van der Waals surface area contributed by atoms with Crippen LogP contribution < -0.4 is 0 Å². The van der Waals surface area contributed by atoms with Crippen molar-refractivity contribution in [3.8, 4) is 0 Å². The van der Waals surface area contributed by atoms with Crippen molar-refractivity contribution < 1.29 is 14.4 Å². The maximum atomic E-state index is 12.7. The Morgan fingerprint density at radius 3 is 2.81 bits per heavy atom. The van der Waals surface area contributed by atoms with Crippen molar-refractivity contribution in [3.05, 3.63) is 47.6 Å². The molecule has 7 nitrogen and oxygen atoms in total. The minimum Gasteiger partial charge on any atom is -0.378 e. The zero-order valence-corrected chi connectivity index (χ0v) is 15.3. The number of amides is 1. The lowest BCUT2D eigenvalue weighted by molar-refractivity contribution is -0.140. The molecule has 1 fully saturated rings. The Morgan fingerprint density at radius 2 is 2.12 bits per heavy atom. The van der Waals surface area contributed by atoms with Crippen LogP contribution >= 0.6 is 0 Å². The van der Waals surface area contributed by atoms with Crippen LogP contribution in [0.25, 0.3) is 0 Å². The molecule has 0 aliphatic carbocycles.